The first-order valence-electron chi connectivity index (χ1n) is 6.50. The molecule has 0 amide bonds. The van der Waals surface area contributed by atoms with E-state index in [4.69, 9.17) is 16.7 Å². The predicted molar refractivity (Wildman–Crippen MR) is 79.6 cm³/mol. The van der Waals surface area contributed by atoms with Crippen LogP contribution < -0.4 is 4.90 Å². The number of anilines is 1. The molecule has 0 saturated carbocycles. The molecule has 0 radical (unpaired) electrons. The van der Waals surface area contributed by atoms with E-state index in [0.717, 1.165) is 18.5 Å². The van der Waals surface area contributed by atoms with E-state index in [1.54, 1.807) is 12.1 Å². The van der Waals surface area contributed by atoms with Gasteiger partial charge in [0.25, 0.3) is 0 Å². The second-order valence-electron chi connectivity index (χ2n) is 4.92. The maximum atomic E-state index is 11.1. The summed E-state index contributed by atoms with van der Waals surface area (Å²) in [6.45, 7) is 1.67. The van der Waals surface area contributed by atoms with Crippen molar-refractivity contribution in [3.05, 3.63) is 64.2 Å². The molecule has 0 unspecified atom stereocenters. The van der Waals surface area contributed by atoms with Gasteiger partial charge in [0.05, 0.1) is 10.6 Å². The van der Waals surface area contributed by atoms with Gasteiger partial charge in [-0.25, -0.2) is 4.79 Å². The molecule has 2 aromatic rings. The Morgan fingerprint density at radius 3 is 2.85 bits per heavy atom. The highest BCUT2D eigenvalue weighted by atomic mass is 35.5. The molecule has 0 fully saturated rings. The molecule has 0 spiro atoms. The number of nitrogens with zero attached hydrogens (tertiary/aromatic N) is 1. The van der Waals surface area contributed by atoms with Crippen molar-refractivity contribution in [2.24, 2.45) is 0 Å². The zero-order chi connectivity index (χ0) is 14.1. The van der Waals surface area contributed by atoms with Gasteiger partial charge in [0.2, 0.25) is 0 Å². The molecule has 102 valence electrons. The van der Waals surface area contributed by atoms with Crippen LogP contribution in [0.1, 0.15) is 21.5 Å². The summed E-state index contributed by atoms with van der Waals surface area (Å²) in [5.74, 6) is -0.987. The van der Waals surface area contributed by atoms with Crippen molar-refractivity contribution in [2.75, 3.05) is 11.4 Å². The third-order valence-electron chi connectivity index (χ3n) is 3.62. The molecule has 1 aliphatic rings. The zero-order valence-electron chi connectivity index (χ0n) is 10.8. The van der Waals surface area contributed by atoms with Crippen molar-refractivity contribution < 1.29 is 9.90 Å². The lowest BCUT2D eigenvalue weighted by Gasteiger charge is -2.19. The Bertz CT molecular complexity index is 669. The van der Waals surface area contributed by atoms with Crippen LogP contribution in [0.4, 0.5) is 5.69 Å². The van der Waals surface area contributed by atoms with Crippen molar-refractivity contribution in [3.8, 4) is 0 Å². The topological polar surface area (TPSA) is 40.5 Å². The number of para-hydroxylation sites is 1. The number of carbonyl (C=O) groups is 1. The normalized spacial score (nSPS) is 13.3. The molecule has 4 heteroatoms. The highest BCUT2D eigenvalue weighted by molar-refractivity contribution is 6.33. The van der Waals surface area contributed by atoms with Gasteiger partial charge in [0.15, 0.2) is 0 Å². The van der Waals surface area contributed by atoms with Gasteiger partial charge < -0.3 is 10.0 Å². The monoisotopic (exact) mass is 287 g/mol. The highest BCUT2D eigenvalue weighted by Gasteiger charge is 2.19. The largest absolute Gasteiger partial charge is 0.478 e. The first kappa shape index (κ1) is 13.0. The number of hydrogen-bond acceptors (Lipinski definition) is 2. The van der Waals surface area contributed by atoms with Crippen molar-refractivity contribution in [1.82, 2.24) is 0 Å². The number of benzene rings is 2. The average molecular weight is 288 g/mol. The van der Waals surface area contributed by atoms with Gasteiger partial charge in [-0.15, -0.1) is 0 Å². The third-order valence-corrected chi connectivity index (χ3v) is 3.95. The summed E-state index contributed by atoms with van der Waals surface area (Å²) in [7, 11) is 0. The molecule has 1 aliphatic heterocycles. The Balaban J connectivity index is 1.86. The lowest BCUT2D eigenvalue weighted by molar-refractivity contribution is 0.0697. The molecule has 0 atom stereocenters. The van der Waals surface area contributed by atoms with E-state index in [1.165, 1.54) is 11.3 Å². The summed E-state index contributed by atoms with van der Waals surface area (Å²) in [5, 5.41) is 9.39. The van der Waals surface area contributed by atoms with Crippen LogP contribution in [-0.2, 0) is 13.0 Å². The van der Waals surface area contributed by atoms with Crippen LogP contribution in [0.5, 0.6) is 0 Å². The number of carboxylic acid groups (broad SMARTS) is 1. The van der Waals surface area contributed by atoms with Gasteiger partial charge in [0.1, 0.15) is 0 Å². The molecule has 1 N–H and O–H groups in total. The lowest BCUT2D eigenvalue weighted by atomic mass is 10.1. The Kier molecular flexibility index (Phi) is 3.36. The maximum absolute atomic E-state index is 11.1. The van der Waals surface area contributed by atoms with E-state index < -0.39 is 5.97 Å². The van der Waals surface area contributed by atoms with Gasteiger partial charge in [-0.2, -0.15) is 0 Å². The fourth-order valence-electron chi connectivity index (χ4n) is 2.63. The first-order valence-corrected chi connectivity index (χ1v) is 6.87. The highest BCUT2D eigenvalue weighted by Crippen LogP contribution is 2.29. The number of halogens is 1. The Morgan fingerprint density at radius 2 is 2.05 bits per heavy atom. The fraction of sp³-hybridized carbons (Fsp3) is 0.188. The maximum Gasteiger partial charge on any atom is 0.337 e. The second kappa shape index (κ2) is 5.17. The fourth-order valence-corrected chi connectivity index (χ4v) is 2.82. The summed E-state index contributed by atoms with van der Waals surface area (Å²) >= 11 is 5.89. The lowest BCUT2D eigenvalue weighted by Crippen LogP contribution is -2.19. The van der Waals surface area contributed by atoms with Gasteiger partial charge in [0, 0.05) is 18.8 Å². The molecule has 2 aromatic carbocycles. The minimum Gasteiger partial charge on any atom is -0.478 e. The standard InChI is InChI=1S/C16H14ClNO2/c17-14-6-5-11(9-13(14)16(19)20)10-18-8-7-12-3-1-2-4-15(12)18/h1-6,9H,7-8,10H2,(H,19,20). The van der Waals surface area contributed by atoms with Crippen LogP contribution in [0.25, 0.3) is 0 Å². The zero-order valence-corrected chi connectivity index (χ0v) is 11.6. The molecule has 0 aliphatic carbocycles. The Morgan fingerprint density at radius 1 is 1.25 bits per heavy atom. The smallest absolute Gasteiger partial charge is 0.337 e. The molecule has 3 rings (SSSR count). The van der Waals surface area contributed by atoms with E-state index >= 15 is 0 Å². The van der Waals surface area contributed by atoms with Crippen LogP contribution in [0.15, 0.2) is 42.5 Å². The summed E-state index contributed by atoms with van der Waals surface area (Å²) < 4.78 is 0. The van der Waals surface area contributed by atoms with Crippen molar-refractivity contribution in [1.29, 1.82) is 0 Å². The minimum atomic E-state index is -0.987. The Labute approximate surface area is 122 Å². The number of fused-ring (bicyclic) bond motifs is 1. The van der Waals surface area contributed by atoms with Crippen LogP contribution in [0.3, 0.4) is 0 Å². The summed E-state index contributed by atoms with van der Waals surface area (Å²) in [6.07, 6.45) is 1.04. The summed E-state index contributed by atoms with van der Waals surface area (Å²) in [4.78, 5) is 13.4. The third kappa shape index (κ3) is 2.37. The molecule has 0 saturated heterocycles. The van der Waals surface area contributed by atoms with Crippen LogP contribution in [0, 0.1) is 0 Å². The number of hydrogen-bond donors (Lipinski definition) is 1. The number of rotatable bonds is 3. The van der Waals surface area contributed by atoms with E-state index in [9.17, 15) is 4.79 Å². The molecule has 0 aromatic heterocycles. The molecule has 20 heavy (non-hydrogen) atoms. The molecule has 0 bridgehead atoms. The first-order chi connectivity index (χ1) is 9.65. The van der Waals surface area contributed by atoms with Crippen molar-refractivity contribution in [3.63, 3.8) is 0 Å². The van der Waals surface area contributed by atoms with E-state index in [1.807, 2.05) is 18.2 Å². The van der Waals surface area contributed by atoms with E-state index in [-0.39, 0.29) is 10.6 Å². The van der Waals surface area contributed by atoms with Gasteiger partial charge >= 0.3 is 5.97 Å². The van der Waals surface area contributed by atoms with Crippen molar-refractivity contribution in [2.45, 2.75) is 13.0 Å². The Hall–Kier alpha value is -2.00. The number of carboxylic acids is 1. The average Bonchev–Trinajstić information content (AvgIpc) is 2.84. The summed E-state index contributed by atoms with van der Waals surface area (Å²) in [6, 6.07) is 13.5. The van der Waals surface area contributed by atoms with Crippen LogP contribution in [-0.4, -0.2) is 17.6 Å². The van der Waals surface area contributed by atoms with Gasteiger partial charge in [-0.3, -0.25) is 0 Å². The van der Waals surface area contributed by atoms with Crippen LogP contribution in [0.2, 0.25) is 5.02 Å². The number of aromatic carboxylic acids is 1. The molecule has 1 heterocycles. The summed E-state index contributed by atoms with van der Waals surface area (Å²) in [5.41, 5.74) is 3.71. The minimum absolute atomic E-state index is 0.164. The quantitative estimate of drug-likeness (QED) is 0.938. The molecular formula is C16H14ClNO2. The molecule has 3 nitrogen and oxygen atoms in total. The second-order valence-corrected chi connectivity index (χ2v) is 5.33. The SMILES string of the molecule is O=C(O)c1cc(CN2CCc3ccccc32)ccc1Cl. The van der Waals surface area contributed by atoms with Crippen LogP contribution >= 0.6 is 11.6 Å². The van der Waals surface area contributed by atoms with E-state index in [2.05, 4.69) is 17.0 Å². The predicted octanol–water partition coefficient (Wildman–Crippen LogP) is 3.60. The van der Waals surface area contributed by atoms with E-state index in [0.29, 0.717) is 6.54 Å². The molecular weight excluding hydrogens is 274 g/mol. The van der Waals surface area contributed by atoms with Crippen molar-refractivity contribution >= 4 is 23.3 Å². The van der Waals surface area contributed by atoms with Gasteiger partial charge in [-0.1, -0.05) is 35.9 Å². The van der Waals surface area contributed by atoms with Gasteiger partial charge in [-0.05, 0) is 35.7 Å².